The molecule has 0 aliphatic carbocycles. The van der Waals surface area contributed by atoms with Gasteiger partial charge in [0.2, 0.25) is 0 Å². The van der Waals surface area contributed by atoms with Gasteiger partial charge in [-0.05, 0) is 38.1 Å². The average Bonchev–Trinajstić information content (AvgIpc) is 3.18. The summed E-state index contributed by atoms with van der Waals surface area (Å²) in [6, 6.07) is 9.43. The highest BCUT2D eigenvalue weighted by Gasteiger charge is 2.14. The highest BCUT2D eigenvalue weighted by molar-refractivity contribution is 5.87. The number of ether oxygens (including phenoxy) is 1. The van der Waals surface area contributed by atoms with Gasteiger partial charge in [-0.15, -0.1) is 0 Å². The number of aryl methyl sites for hydroxylation is 2. The fourth-order valence-corrected chi connectivity index (χ4v) is 2.49. The molecule has 3 heterocycles. The molecule has 23 heavy (non-hydrogen) atoms. The van der Waals surface area contributed by atoms with Crippen molar-refractivity contribution in [3.05, 3.63) is 54.3 Å². The highest BCUT2D eigenvalue weighted by Crippen LogP contribution is 2.34. The first-order chi connectivity index (χ1) is 11.2. The van der Waals surface area contributed by atoms with Gasteiger partial charge in [-0.1, -0.05) is 5.16 Å². The lowest BCUT2D eigenvalue weighted by molar-refractivity contribution is 0.422. The summed E-state index contributed by atoms with van der Waals surface area (Å²) in [6.07, 6.45) is 3.28. The summed E-state index contributed by atoms with van der Waals surface area (Å²) in [4.78, 5) is 12.0. The molecule has 0 fully saturated rings. The normalized spacial score (nSPS) is 11.0. The monoisotopic (exact) mass is 306 g/mol. The number of H-pyrrole nitrogens is 1. The third kappa shape index (κ3) is 2.44. The number of hydrogen-bond acceptors (Lipinski definition) is 5. The fourth-order valence-electron chi connectivity index (χ4n) is 2.49. The van der Waals surface area contributed by atoms with Crippen molar-refractivity contribution >= 4 is 11.0 Å². The Kier molecular flexibility index (Phi) is 3.08. The second-order valence-electron chi connectivity index (χ2n) is 5.27. The number of nitrogens with one attached hydrogen (secondary N) is 1. The molecule has 0 bridgehead atoms. The topological polar surface area (TPSA) is 76.8 Å². The number of rotatable bonds is 3. The minimum Gasteiger partial charge on any atom is -0.453 e. The van der Waals surface area contributed by atoms with Gasteiger partial charge >= 0.3 is 0 Å². The molecule has 0 radical (unpaired) electrons. The molecule has 1 N–H and O–H groups in total. The van der Waals surface area contributed by atoms with Crippen LogP contribution in [-0.2, 0) is 0 Å². The van der Waals surface area contributed by atoms with E-state index < -0.39 is 0 Å². The van der Waals surface area contributed by atoms with E-state index in [1.54, 1.807) is 12.5 Å². The Balaban J connectivity index is 1.88. The molecule has 0 saturated heterocycles. The van der Waals surface area contributed by atoms with Gasteiger partial charge in [-0.2, -0.15) is 0 Å². The van der Waals surface area contributed by atoms with E-state index in [-0.39, 0.29) is 0 Å². The molecule has 1 aromatic carbocycles. The van der Waals surface area contributed by atoms with E-state index in [0.29, 0.717) is 11.5 Å². The lowest BCUT2D eigenvalue weighted by atomic mass is 10.1. The maximum atomic E-state index is 6.07. The van der Waals surface area contributed by atoms with Crippen LogP contribution in [0.1, 0.15) is 11.5 Å². The molecule has 6 heteroatoms. The molecule has 3 aromatic heterocycles. The Morgan fingerprint density at radius 2 is 2.04 bits per heavy atom. The Bertz CT molecular complexity index is 974. The van der Waals surface area contributed by atoms with Crippen molar-refractivity contribution in [3.63, 3.8) is 0 Å². The van der Waals surface area contributed by atoms with Crippen LogP contribution in [0.3, 0.4) is 0 Å². The molecule has 4 rings (SSSR count). The second kappa shape index (κ2) is 5.24. The minimum atomic E-state index is 0.654. The van der Waals surface area contributed by atoms with Crippen LogP contribution in [0.25, 0.3) is 22.3 Å². The van der Waals surface area contributed by atoms with Gasteiger partial charge in [0, 0.05) is 17.8 Å². The highest BCUT2D eigenvalue weighted by atomic mass is 16.5. The van der Waals surface area contributed by atoms with Crippen LogP contribution in [0.5, 0.6) is 11.5 Å². The second-order valence-corrected chi connectivity index (χ2v) is 5.27. The summed E-state index contributed by atoms with van der Waals surface area (Å²) in [5, 5.41) is 3.99. The van der Waals surface area contributed by atoms with E-state index in [9.17, 15) is 0 Å². The largest absolute Gasteiger partial charge is 0.453 e. The summed E-state index contributed by atoms with van der Waals surface area (Å²) in [5.41, 5.74) is 4.12. The van der Waals surface area contributed by atoms with Crippen molar-refractivity contribution < 1.29 is 9.26 Å². The number of aromatic amines is 1. The average molecular weight is 306 g/mol. The summed E-state index contributed by atoms with van der Waals surface area (Å²) in [6.45, 7) is 3.82. The number of imidazole rings is 1. The summed E-state index contributed by atoms with van der Waals surface area (Å²) < 4.78 is 11.0. The third-order valence-electron chi connectivity index (χ3n) is 3.58. The van der Waals surface area contributed by atoms with E-state index in [0.717, 1.165) is 33.8 Å². The smallest absolute Gasteiger partial charge is 0.156 e. The number of nitrogens with zero attached hydrogens (tertiary/aromatic N) is 3. The van der Waals surface area contributed by atoms with Crippen LogP contribution >= 0.6 is 0 Å². The molecular formula is C17H14N4O2. The van der Waals surface area contributed by atoms with E-state index in [4.69, 9.17) is 9.26 Å². The Labute approximate surface area is 132 Å². The quantitative estimate of drug-likeness (QED) is 0.618. The fraction of sp³-hybridized carbons (Fsp3) is 0.118. The third-order valence-corrected chi connectivity index (χ3v) is 3.58. The van der Waals surface area contributed by atoms with Crippen molar-refractivity contribution in [3.8, 4) is 22.8 Å². The van der Waals surface area contributed by atoms with Crippen LogP contribution < -0.4 is 4.74 Å². The van der Waals surface area contributed by atoms with Crippen molar-refractivity contribution in [2.24, 2.45) is 0 Å². The molecule has 0 aliphatic heterocycles. The van der Waals surface area contributed by atoms with Gasteiger partial charge in [0.15, 0.2) is 5.75 Å². The van der Waals surface area contributed by atoms with Crippen molar-refractivity contribution in [2.45, 2.75) is 13.8 Å². The summed E-state index contributed by atoms with van der Waals surface area (Å²) in [7, 11) is 0. The molecule has 0 saturated carbocycles. The van der Waals surface area contributed by atoms with E-state index >= 15 is 0 Å². The molecule has 0 unspecified atom stereocenters. The summed E-state index contributed by atoms with van der Waals surface area (Å²) >= 11 is 0. The van der Waals surface area contributed by atoms with Crippen LogP contribution in [-0.4, -0.2) is 20.1 Å². The van der Waals surface area contributed by atoms with Crippen LogP contribution in [0.15, 0.2) is 47.3 Å². The van der Waals surface area contributed by atoms with Gasteiger partial charge in [0.05, 0.1) is 11.2 Å². The lowest BCUT2D eigenvalue weighted by Crippen LogP contribution is -1.91. The molecule has 0 amide bonds. The van der Waals surface area contributed by atoms with Crippen molar-refractivity contribution in [1.29, 1.82) is 0 Å². The van der Waals surface area contributed by atoms with Gasteiger partial charge < -0.3 is 14.2 Å². The molecule has 0 atom stereocenters. The first-order valence-electron chi connectivity index (χ1n) is 7.21. The number of benzene rings is 1. The van der Waals surface area contributed by atoms with E-state index in [2.05, 4.69) is 20.1 Å². The Morgan fingerprint density at radius 3 is 2.83 bits per heavy atom. The van der Waals surface area contributed by atoms with Crippen LogP contribution in [0, 0.1) is 13.8 Å². The Hall–Kier alpha value is -3.15. The number of hydrogen-bond donors (Lipinski definition) is 1. The summed E-state index contributed by atoms with van der Waals surface area (Å²) in [5.74, 6) is 2.18. The van der Waals surface area contributed by atoms with Crippen molar-refractivity contribution in [2.75, 3.05) is 0 Å². The Morgan fingerprint density at radius 1 is 1.13 bits per heavy atom. The van der Waals surface area contributed by atoms with E-state index in [1.165, 1.54) is 0 Å². The maximum Gasteiger partial charge on any atom is 0.156 e. The molecule has 114 valence electrons. The van der Waals surface area contributed by atoms with Crippen molar-refractivity contribution in [1.82, 2.24) is 20.1 Å². The maximum absolute atomic E-state index is 6.07. The number of fused-ring (bicyclic) bond motifs is 1. The zero-order valence-corrected chi connectivity index (χ0v) is 12.7. The van der Waals surface area contributed by atoms with Gasteiger partial charge in [-0.3, -0.25) is 4.98 Å². The molecule has 4 aromatic rings. The molecule has 0 aliphatic rings. The van der Waals surface area contributed by atoms with Gasteiger partial charge in [0.1, 0.15) is 29.0 Å². The molecular weight excluding hydrogens is 292 g/mol. The molecule has 6 nitrogen and oxygen atoms in total. The zero-order valence-electron chi connectivity index (χ0n) is 12.7. The zero-order chi connectivity index (χ0) is 15.8. The minimum absolute atomic E-state index is 0.654. The first kappa shape index (κ1) is 13.5. The number of aromatic nitrogens is 4. The lowest BCUT2D eigenvalue weighted by Gasteiger charge is -2.09. The van der Waals surface area contributed by atoms with Gasteiger partial charge in [-0.25, -0.2) is 4.98 Å². The first-order valence-corrected chi connectivity index (χ1v) is 7.21. The predicted molar refractivity (Wildman–Crippen MR) is 85.4 cm³/mol. The van der Waals surface area contributed by atoms with Crippen LogP contribution in [0.2, 0.25) is 0 Å². The number of pyridine rings is 1. The van der Waals surface area contributed by atoms with Gasteiger partial charge in [0.25, 0.3) is 0 Å². The standard InChI is InChI=1S/C17H14N4O2/c1-10-15(4-3-6-18-10)23-16-9-12(13-5-7-22-21-13)8-14-17(16)20-11(2)19-14/h3-9H,1-2H3,(H,19,20). The van der Waals surface area contributed by atoms with E-state index in [1.807, 2.05) is 44.2 Å². The predicted octanol–water partition coefficient (Wildman–Crippen LogP) is 4.02. The molecule has 0 spiro atoms. The SMILES string of the molecule is Cc1nc2c(Oc3cccnc3C)cc(-c3ccon3)cc2[nH]1. The van der Waals surface area contributed by atoms with Crippen LogP contribution in [0.4, 0.5) is 0 Å².